The van der Waals surface area contributed by atoms with Crippen molar-refractivity contribution in [2.45, 2.75) is 57.2 Å². The number of nitrogens with zero attached hydrogens (tertiary/aromatic N) is 1. The van der Waals surface area contributed by atoms with Gasteiger partial charge in [0, 0.05) is 6.54 Å². The minimum absolute atomic E-state index is 0.116. The number of carbonyl (C=O) groups excluding carboxylic acids is 1. The molecule has 108 valence electrons. The molecule has 1 aliphatic carbocycles. The Labute approximate surface area is 113 Å². The molecule has 1 saturated carbocycles. The average Bonchev–Trinajstić information content (AvgIpc) is 2.85. The fraction of sp³-hybridized carbons (Fsp3) is 0.846. The molecule has 1 heterocycles. The number of hydrogen-bond donors (Lipinski definition) is 2. The summed E-state index contributed by atoms with van der Waals surface area (Å²) in [7, 11) is 0. The zero-order valence-corrected chi connectivity index (χ0v) is 11.3. The van der Waals surface area contributed by atoms with Crippen LogP contribution >= 0.6 is 0 Å². The third-order valence-corrected chi connectivity index (χ3v) is 3.92. The molecule has 1 aliphatic heterocycles. The molecule has 0 spiro atoms. The summed E-state index contributed by atoms with van der Waals surface area (Å²) in [5.41, 5.74) is 0. The second-order valence-electron chi connectivity index (χ2n) is 5.23. The summed E-state index contributed by atoms with van der Waals surface area (Å²) in [4.78, 5) is 25.1. The van der Waals surface area contributed by atoms with Crippen molar-refractivity contribution in [2.75, 3.05) is 13.2 Å². The Morgan fingerprint density at radius 3 is 2.95 bits per heavy atom. The van der Waals surface area contributed by atoms with Gasteiger partial charge in [-0.25, -0.2) is 9.59 Å². The summed E-state index contributed by atoms with van der Waals surface area (Å²) in [6.45, 7) is 3.00. The summed E-state index contributed by atoms with van der Waals surface area (Å²) in [5.74, 6) is -0.966. The van der Waals surface area contributed by atoms with Crippen molar-refractivity contribution in [3.63, 3.8) is 0 Å². The van der Waals surface area contributed by atoms with Gasteiger partial charge in [-0.3, -0.25) is 0 Å². The van der Waals surface area contributed by atoms with E-state index in [1.165, 1.54) is 0 Å². The number of amides is 2. The lowest BCUT2D eigenvalue weighted by Gasteiger charge is -2.38. The molecule has 0 aromatic carbocycles. The molecule has 2 unspecified atom stereocenters. The van der Waals surface area contributed by atoms with Gasteiger partial charge in [0.2, 0.25) is 0 Å². The van der Waals surface area contributed by atoms with E-state index in [2.05, 4.69) is 5.32 Å². The third kappa shape index (κ3) is 3.18. The van der Waals surface area contributed by atoms with Crippen LogP contribution in [0.15, 0.2) is 0 Å². The molecule has 2 rings (SSSR count). The van der Waals surface area contributed by atoms with Gasteiger partial charge in [0.05, 0.1) is 18.8 Å². The van der Waals surface area contributed by atoms with Gasteiger partial charge in [-0.2, -0.15) is 0 Å². The number of hydrogen-bond acceptors (Lipinski definition) is 3. The van der Waals surface area contributed by atoms with E-state index in [1.54, 1.807) is 4.90 Å². The smallest absolute Gasteiger partial charge is 0.326 e. The van der Waals surface area contributed by atoms with E-state index in [9.17, 15) is 9.59 Å². The van der Waals surface area contributed by atoms with E-state index in [0.29, 0.717) is 19.6 Å². The van der Waals surface area contributed by atoms with Crippen LogP contribution in [0.2, 0.25) is 0 Å². The van der Waals surface area contributed by atoms with Crippen LogP contribution in [0.4, 0.5) is 4.79 Å². The number of nitrogens with one attached hydrogen (secondary N) is 1. The SMILES string of the molecule is CCC[C@@H](NC(=O)N1CCOC2CCCC21)C(=O)O. The molecule has 1 saturated heterocycles. The third-order valence-electron chi connectivity index (χ3n) is 3.92. The molecule has 2 N–H and O–H groups in total. The predicted molar refractivity (Wildman–Crippen MR) is 68.9 cm³/mol. The van der Waals surface area contributed by atoms with E-state index in [4.69, 9.17) is 9.84 Å². The molecular formula is C13H22N2O4. The second kappa shape index (κ2) is 6.23. The van der Waals surface area contributed by atoms with Crippen molar-refractivity contribution in [3.8, 4) is 0 Å². The van der Waals surface area contributed by atoms with Gasteiger partial charge < -0.3 is 20.1 Å². The van der Waals surface area contributed by atoms with Gasteiger partial charge in [-0.15, -0.1) is 0 Å². The van der Waals surface area contributed by atoms with Crippen LogP contribution in [0.25, 0.3) is 0 Å². The number of aliphatic carboxylic acids is 1. The first-order valence-electron chi connectivity index (χ1n) is 7.05. The molecule has 2 fully saturated rings. The van der Waals surface area contributed by atoms with Gasteiger partial charge >= 0.3 is 12.0 Å². The van der Waals surface area contributed by atoms with Gasteiger partial charge in [0.15, 0.2) is 0 Å². The monoisotopic (exact) mass is 270 g/mol. The second-order valence-corrected chi connectivity index (χ2v) is 5.23. The normalized spacial score (nSPS) is 27.7. The van der Waals surface area contributed by atoms with Crippen molar-refractivity contribution in [2.24, 2.45) is 0 Å². The predicted octanol–water partition coefficient (Wildman–Crippen LogP) is 1.20. The summed E-state index contributed by atoms with van der Waals surface area (Å²) in [6.07, 6.45) is 4.33. The Kier molecular flexibility index (Phi) is 4.63. The highest BCUT2D eigenvalue weighted by Gasteiger charge is 2.39. The molecule has 0 bridgehead atoms. The van der Waals surface area contributed by atoms with E-state index in [1.807, 2.05) is 6.92 Å². The Hall–Kier alpha value is -1.30. The number of urea groups is 1. The number of carboxylic acids is 1. The minimum atomic E-state index is -0.966. The van der Waals surface area contributed by atoms with Gasteiger partial charge in [-0.05, 0) is 25.7 Å². The Balaban J connectivity index is 1.96. The molecule has 2 aliphatic rings. The standard InChI is InChI=1S/C13H22N2O4/c1-2-4-9(12(16)17)14-13(18)15-7-8-19-11-6-3-5-10(11)15/h9-11H,2-8H2,1H3,(H,14,18)(H,16,17)/t9-,10?,11?/m1/s1. The summed E-state index contributed by atoms with van der Waals surface area (Å²) >= 11 is 0. The van der Waals surface area contributed by atoms with Gasteiger partial charge in [0.1, 0.15) is 6.04 Å². The van der Waals surface area contributed by atoms with E-state index in [-0.39, 0.29) is 18.2 Å². The maximum Gasteiger partial charge on any atom is 0.326 e. The zero-order valence-electron chi connectivity index (χ0n) is 11.3. The van der Waals surface area contributed by atoms with E-state index < -0.39 is 12.0 Å². The van der Waals surface area contributed by atoms with E-state index >= 15 is 0 Å². The lowest BCUT2D eigenvalue weighted by Crippen LogP contribution is -2.57. The number of carboxylic acid groups (broad SMARTS) is 1. The Morgan fingerprint density at radius 1 is 1.47 bits per heavy atom. The molecule has 0 aromatic rings. The minimum Gasteiger partial charge on any atom is -0.480 e. The number of ether oxygens (including phenoxy) is 1. The number of fused-ring (bicyclic) bond motifs is 1. The maximum absolute atomic E-state index is 12.2. The number of rotatable bonds is 4. The van der Waals surface area contributed by atoms with Crippen LogP contribution < -0.4 is 5.32 Å². The molecule has 0 radical (unpaired) electrons. The average molecular weight is 270 g/mol. The lowest BCUT2D eigenvalue weighted by molar-refractivity contribution is -0.139. The van der Waals surface area contributed by atoms with Crippen molar-refractivity contribution in [1.82, 2.24) is 10.2 Å². The molecule has 19 heavy (non-hydrogen) atoms. The zero-order chi connectivity index (χ0) is 13.8. The van der Waals surface area contributed by atoms with Crippen LogP contribution in [0, 0.1) is 0 Å². The summed E-state index contributed by atoms with van der Waals surface area (Å²) in [5, 5.41) is 11.7. The maximum atomic E-state index is 12.2. The highest BCUT2D eigenvalue weighted by molar-refractivity contribution is 5.82. The largest absolute Gasteiger partial charge is 0.480 e. The van der Waals surface area contributed by atoms with Crippen molar-refractivity contribution < 1.29 is 19.4 Å². The molecule has 2 amide bonds. The van der Waals surface area contributed by atoms with Crippen molar-refractivity contribution in [3.05, 3.63) is 0 Å². The quantitative estimate of drug-likeness (QED) is 0.804. The van der Waals surface area contributed by atoms with Crippen LogP contribution in [0.1, 0.15) is 39.0 Å². The van der Waals surface area contributed by atoms with Crippen molar-refractivity contribution >= 4 is 12.0 Å². The first-order valence-corrected chi connectivity index (χ1v) is 7.05. The first kappa shape index (κ1) is 14.1. The molecule has 6 heteroatoms. The fourth-order valence-corrected chi connectivity index (χ4v) is 2.96. The Morgan fingerprint density at radius 2 is 2.26 bits per heavy atom. The van der Waals surface area contributed by atoms with Gasteiger partial charge in [0.25, 0.3) is 0 Å². The molecular weight excluding hydrogens is 248 g/mol. The molecule has 0 aromatic heterocycles. The molecule has 6 nitrogen and oxygen atoms in total. The van der Waals surface area contributed by atoms with E-state index in [0.717, 1.165) is 25.7 Å². The fourth-order valence-electron chi connectivity index (χ4n) is 2.96. The van der Waals surface area contributed by atoms with Crippen LogP contribution in [-0.2, 0) is 9.53 Å². The summed E-state index contributed by atoms with van der Waals surface area (Å²) in [6, 6.07) is -0.939. The van der Waals surface area contributed by atoms with Crippen LogP contribution in [0.5, 0.6) is 0 Å². The molecule has 3 atom stereocenters. The summed E-state index contributed by atoms with van der Waals surface area (Å²) < 4.78 is 5.64. The number of carbonyl (C=O) groups is 2. The topological polar surface area (TPSA) is 78.9 Å². The highest BCUT2D eigenvalue weighted by Crippen LogP contribution is 2.29. The highest BCUT2D eigenvalue weighted by atomic mass is 16.5. The van der Waals surface area contributed by atoms with Crippen LogP contribution in [0.3, 0.4) is 0 Å². The first-order chi connectivity index (χ1) is 9.13. The van der Waals surface area contributed by atoms with Crippen LogP contribution in [-0.4, -0.2) is 53.3 Å². The Bertz CT molecular complexity index is 348. The number of morpholine rings is 1. The lowest BCUT2D eigenvalue weighted by atomic mass is 10.1. The van der Waals surface area contributed by atoms with Gasteiger partial charge in [-0.1, -0.05) is 13.3 Å². The van der Waals surface area contributed by atoms with Crippen molar-refractivity contribution in [1.29, 1.82) is 0 Å².